The number of nitrogens with one attached hydrogen (secondary N) is 1. The summed E-state index contributed by atoms with van der Waals surface area (Å²) >= 11 is 0. The van der Waals surface area contributed by atoms with Crippen LogP contribution in [-0.2, 0) is 0 Å². The van der Waals surface area contributed by atoms with Crippen LogP contribution in [-0.4, -0.2) is 44.1 Å². The first-order valence-corrected chi connectivity index (χ1v) is 8.31. The van der Waals surface area contributed by atoms with Gasteiger partial charge in [-0.05, 0) is 39.8 Å². The molecule has 0 heterocycles. The van der Waals surface area contributed by atoms with Crippen LogP contribution in [0, 0.1) is 5.41 Å². The number of nitrogens with two attached hydrogens (primary N) is 1. The Morgan fingerprint density at radius 1 is 1.14 bits per heavy atom. The van der Waals surface area contributed by atoms with Crippen LogP contribution in [0.4, 0.5) is 0 Å². The van der Waals surface area contributed by atoms with Gasteiger partial charge in [0.15, 0.2) is 5.96 Å². The zero-order chi connectivity index (χ0) is 14.4. The lowest BCUT2D eigenvalue weighted by Gasteiger charge is -2.31. The first-order valence-electron chi connectivity index (χ1n) is 8.31. The van der Waals surface area contributed by atoms with E-state index in [0.29, 0.717) is 17.4 Å². The number of guanidine groups is 1. The lowest BCUT2D eigenvalue weighted by Crippen LogP contribution is -2.42. The van der Waals surface area contributed by atoms with E-state index in [2.05, 4.69) is 29.3 Å². The van der Waals surface area contributed by atoms with Crippen molar-refractivity contribution in [2.45, 2.75) is 63.8 Å². The number of nitrogens with zero attached hydrogens (tertiary/aromatic N) is 2. The molecule has 2 rings (SSSR count). The highest BCUT2D eigenvalue weighted by Gasteiger charge is 2.34. The number of aliphatic imine (C=N–C) groups is 1. The molecule has 0 bridgehead atoms. The van der Waals surface area contributed by atoms with Crippen molar-refractivity contribution in [3.8, 4) is 0 Å². The number of hydrogen-bond acceptors (Lipinski definition) is 2. The highest BCUT2D eigenvalue weighted by Crippen LogP contribution is 2.38. The molecule has 2 fully saturated rings. The standard InChI is InChI=1S/C16H32N4.HI/c1-20(2)13-16(10-6-7-11-16)12-18-15(17)19-14-8-4-3-5-9-14;/h14H,3-13H2,1-2H3,(H3,17,18,19);1H. The van der Waals surface area contributed by atoms with Gasteiger partial charge in [-0.3, -0.25) is 4.99 Å². The summed E-state index contributed by atoms with van der Waals surface area (Å²) in [6.45, 7) is 2.02. The molecule has 4 nitrogen and oxygen atoms in total. The Bertz CT molecular complexity index is 318. The molecule has 0 saturated heterocycles. The lowest BCUT2D eigenvalue weighted by atomic mass is 9.86. The van der Waals surface area contributed by atoms with Crippen molar-refractivity contribution in [3.05, 3.63) is 0 Å². The molecule has 124 valence electrons. The van der Waals surface area contributed by atoms with Crippen molar-refractivity contribution >= 4 is 29.9 Å². The Kier molecular flexibility index (Phi) is 8.31. The lowest BCUT2D eigenvalue weighted by molar-refractivity contribution is 0.210. The molecular formula is C16H33IN4. The van der Waals surface area contributed by atoms with Gasteiger partial charge >= 0.3 is 0 Å². The molecule has 0 unspecified atom stereocenters. The van der Waals surface area contributed by atoms with Crippen molar-refractivity contribution in [1.82, 2.24) is 10.2 Å². The third-order valence-electron chi connectivity index (χ3n) is 4.86. The van der Waals surface area contributed by atoms with Crippen LogP contribution in [0.3, 0.4) is 0 Å². The van der Waals surface area contributed by atoms with E-state index in [1.54, 1.807) is 0 Å². The van der Waals surface area contributed by atoms with Gasteiger partial charge in [-0.1, -0.05) is 32.1 Å². The van der Waals surface area contributed by atoms with E-state index in [0.717, 1.165) is 13.1 Å². The Morgan fingerprint density at radius 3 is 2.33 bits per heavy atom. The Labute approximate surface area is 147 Å². The second-order valence-electron chi connectivity index (χ2n) is 7.13. The maximum Gasteiger partial charge on any atom is 0.188 e. The second kappa shape index (κ2) is 9.18. The van der Waals surface area contributed by atoms with Gasteiger partial charge in [0.05, 0.1) is 0 Å². The summed E-state index contributed by atoms with van der Waals surface area (Å²) in [5.74, 6) is 0.668. The van der Waals surface area contributed by atoms with E-state index in [1.165, 1.54) is 57.8 Å². The minimum absolute atomic E-state index is 0. The van der Waals surface area contributed by atoms with Crippen LogP contribution >= 0.6 is 24.0 Å². The summed E-state index contributed by atoms with van der Waals surface area (Å²) in [5.41, 5.74) is 6.46. The predicted octanol–water partition coefficient (Wildman–Crippen LogP) is 2.96. The smallest absolute Gasteiger partial charge is 0.188 e. The summed E-state index contributed by atoms with van der Waals surface area (Å²) in [5, 5.41) is 3.43. The molecule has 0 atom stereocenters. The van der Waals surface area contributed by atoms with Crippen LogP contribution in [0.15, 0.2) is 4.99 Å². The molecular weight excluding hydrogens is 375 g/mol. The molecule has 0 aromatic rings. The molecule has 0 amide bonds. The van der Waals surface area contributed by atoms with Crippen LogP contribution in [0.5, 0.6) is 0 Å². The summed E-state index contributed by atoms with van der Waals surface area (Å²) in [6, 6.07) is 0.556. The third kappa shape index (κ3) is 6.30. The fourth-order valence-corrected chi connectivity index (χ4v) is 3.92. The van der Waals surface area contributed by atoms with Gasteiger partial charge in [0.25, 0.3) is 0 Å². The van der Waals surface area contributed by atoms with Gasteiger partial charge in [-0.25, -0.2) is 0 Å². The maximum atomic E-state index is 6.10. The van der Waals surface area contributed by atoms with Gasteiger partial charge in [-0.2, -0.15) is 0 Å². The summed E-state index contributed by atoms with van der Waals surface area (Å²) in [4.78, 5) is 6.98. The van der Waals surface area contributed by atoms with Crippen LogP contribution in [0.1, 0.15) is 57.8 Å². The zero-order valence-electron chi connectivity index (χ0n) is 13.7. The van der Waals surface area contributed by atoms with E-state index in [-0.39, 0.29) is 24.0 Å². The van der Waals surface area contributed by atoms with Crippen LogP contribution < -0.4 is 11.1 Å². The van der Waals surface area contributed by atoms with Crippen molar-refractivity contribution in [2.24, 2.45) is 16.1 Å². The normalized spacial score (nSPS) is 23.1. The molecule has 0 aromatic carbocycles. The fourth-order valence-electron chi connectivity index (χ4n) is 3.92. The SMILES string of the molecule is CN(C)CC1(CN=C(N)NC2CCCCC2)CCCC1.I. The molecule has 0 spiro atoms. The van der Waals surface area contributed by atoms with Gasteiger partial charge in [0.1, 0.15) is 0 Å². The second-order valence-corrected chi connectivity index (χ2v) is 7.13. The third-order valence-corrected chi connectivity index (χ3v) is 4.86. The molecule has 2 aliphatic carbocycles. The first kappa shape index (κ1) is 19.0. The number of hydrogen-bond donors (Lipinski definition) is 2. The van der Waals surface area contributed by atoms with E-state index < -0.39 is 0 Å². The van der Waals surface area contributed by atoms with Crippen molar-refractivity contribution < 1.29 is 0 Å². The summed E-state index contributed by atoms with van der Waals surface area (Å²) in [7, 11) is 4.32. The average Bonchev–Trinajstić information content (AvgIpc) is 2.86. The summed E-state index contributed by atoms with van der Waals surface area (Å²) < 4.78 is 0. The van der Waals surface area contributed by atoms with Gasteiger partial charge < -0.3 is 16.0 Å². The van der Waals surface area contributed by atoms with Crippen LogP contribution in [0.2, 0.25) is 0 Å². The molecule has 21 heavy (non-hydrogen) atoms. The van der Waals surface area contributed by atoms with Gasteiger partial charge in [-0.15, -0.1) is 24.0 Å². The topological polar surface area (TPSA) is 53.6 Å². The van der Waals surface area contributed by atoms with Gasteiger partial charge in [0.2, 0.25) is 0 Å². The van der Waals surface area contributed by atoms with E-state index in [1.807, 2.05) is 0 Å². The zero-order valence-corrected chi connectivity index (χ0v) is 16.1. The molecule has 3 N–H and O–H groups in total. The quantitative estimate of drug-likeness (QED) is 0.418. The molecule has 0 aliphatic heterocycles. The molecule has 0 radical (unpaired) electrons. The molecule has 2 aliphatic rings. The van der Waals surface area contributed by atoms with Crippen molar-refractivity contribution in [3.63, 3.8) is 0 Å². The maximum absolute atomic E-state index is 6.10. The minimum atomic E-state index is 0. The van der Waals surface area contributed by atoms with E-state index >= 15 is 0 Å². The highest BCUT2D eigenvalue weighted by atomic mass is 127. The highest BCUT2D eigenvalue weighted by molar-refractivity contribution is 14.0. The van der Waals surface area contributed by atoms with E-state index in [4.69, 9.17) is 5.73 Å². The molecule has 0 aromatic heterocycles. The Hall–Kier alpha value is -0.0400. The number of halogens is 1. The minimum Gasteiger partial charge on any atom is -0.370 e. The van der Waals surface area contributed by atoms with Crippen LogP contribution in [0.25, 0.3) is 0 Å². The summed E-state index contributed by atoms with van der Waals surface area (Å²) in [6.07, 6.45) is 11.8. The largest absolute Gasteiger partial charge is 0.370 e. The predicted molar refractivity (Wildman–Crippen MR) is 101 cm³/mol. The monoisotopic (exact) mass is 408 g/mol. The Balaban J connectivity index is 0.00000220. The Morgan fingerprint density at radius 2 is 1.76 bits per heavy atom. The fraction of sp³-hybridized carbons (Fsp3) is 0.938. The van der Waals surface area contributed by atoms with Crippen molar-refractivity contribution in [1.29, 1.82) is 0 Å². The average molecular weight is 408 g/mol. The van der Waals surface area contributed by atoms with Crippen molar-refractivity contribution in [2.75, 3.05) is 27.2 Å². The molecule has 5 heteroatoms. The van der Waals surface area contributed by atoms with E-state index in [9.17, 15) is 0 Å². The molecule has 2 saturated carbocycles. The first-order chi connectivity index (χ1) is 9.60. The number of rotatable bonds is 5. The van der Waals surface area contributed by atoms with Gasteiger partial charge in [0, 0.05) is 24.5 Å².